The van der Waals surface area contributed by atoms with Crippen LogP contribution in [0.3, 0.4) is 0 Å². The maximum atomic E-state index is 12.4. The molecule has 116 valence electrons. The van der Waals surface area contributed by atoms with E-state index in [2.05, 4.69) is 27.7 Å². The number of hydrogen-bond donors (Lipinski definition) is 2. The Hall–Kier alpha value is -1.59. The fourth-order valence-corrected chi connectivity index (χ4v) is 2.62. The number of morpholine rings is 1. The topological polar surface area (TPSA) is 53.6 Å². The monoisotopic (exact) mass is 291 g/mol. The van der Waals surface area contributed by atoms with Crippen molar-refractivity contribution in [3.63, 3.8) is 0 Å². The number of nitrogens with zero attached hydrogens (tertiary/aromatic N) is 1. The Kier molecular flexibility index (Phi) is 5.59. The van der Waals surface area contributed by atoms with Crippen LogP contribution in [0.25, 0.3) is 0 Å². The minimum atomic E-state index is -0.265. The maximum Gasteiger partial charge on any atom is 0.245 e. The van der Waals surface area contributed by atoms with E-state index in [0.717, 1.165) is 18.8 Å². The van der Waals surface area contributed by atoms with Crippen LogP contribution in [0.15, 0.2) is 24.3 Å². The summed E-state index contributed by atoms with van der Waals surface area (Å²) in [6, 6.07) is 8.08. The first-order chi connectivity index (χ1) is 10.1. The molecule has 1 aromatic rings. The number of amides is 1. The van der Waals surface area contributed by atoms with E-state index >= 15 is 0 Å². The number of carbonyl (C=O) groups is 1. The Morgan fingerprint density at radius 1 is 1.43 bits per heavy atom. The molecular formula is C16H25N3O2. The van der Waals surface area contributed by atoms with Crippen molar-refractivity contribution in [2.45, 2.75) is 32.5 Å². The molecule has 1 amide bonds. The Balaban J connectivity index is 2.24. The van der Waals surface area contributed by atoms with Crippen molar-refractivity contribution >= 4 is 11.6 Å². The summed E-state index contributed by atoms with van der Waals surface area (Å²) < 4.78 is 5.52. The van der Waals surface area contributed by atoms with Crippen molar-refractivity contribution in [2.24, 2.45) is 0 Å². The molecule has 1 aliphatic rings. The van der Waals surface area contributed by atoms with Gasteiger partial charge in [-0.05, 0) is 32.5 Å². The van der Waals surface area contributed by atoms with Gasteiger partial charge in [-0.1, -0.05) is 18.2 Å². The fourth-order valence-electron chi connectivity index (χ4n) is 2.62. The largest absolute Gasteiger partial charge is 0.377 e. The molecule has 1 unspecified atom stereocenters. The third-order valence-corrected chi connectivity index (χ3v) is 3.53. The lowest BCUT2D eigenvalue weighted by atomic mass is 10.1. The number of carbonyl (C=O) groups excluding carboxylic acids is 1. The minimum Gasteiger partial charge on any atom is -0.377 e. The van der Waals surface area contributed by atoms with Gasteiger partial charge in [-0.25, -0.2) is 0 Å². The molecule has 1 atom stereocenters. The first kappa shape index (κ1) is 15.8. The molecule has 5 heteroatoms. The minimum absolute atomic E-state index is 0.0314. The molecule has 2 rings (SSSR count). The molecule has 1 saturated heterocycles. The Bertz CT molecular complexity index is 476. The third kappa shape index (κ3) is 3.95. The van der Waals surface area contributed by atoms with Crippen LogP contribution in [0.2, 0.25) is 0 Å². The summed E-state index contributed by atoms with van der Waals surface area (Å²) in [5.41, 5.74) is 2.31. The summed E-state index contributed by atoms with van der Waals surface area (Å²) in [6.45, 7) is 6.55. The maximum absolute atomic E-state index is 12.4. The van der Waals surface area contributed by atoms with Gasteiger partial charge < -0.3 is 20.3 Å². The molecule has 5 nitrogen and oxygen atoms in total. The Labute approximate surface area is 126 Å². The van der Waals surface area contributed by atoms with Gasteiger partial charge in [0.2, 0.25) is 5.91 Å². The highest BCUT2D eigenvalue weighted by molar-refractivity contribution is 5.86. The quantitative estimate of drug-likeness (QED) is 0.854. The van der Waals surface area contributed by atoms with Crippen LogP contribution in [-0.4, -0.2) is 44.8 Å². The number of para-hydroxylation sites is 1. The molecule has 0 aromatic heterocycles. The van der Waals surface area contributed by atoms with Crippen molar-refractivity contribution in [1.82, 2.24) is 10.6 Å². The van der Waals surface area contributed by atoms with Crippen LogP contribution in [-0.2, 0) is 16.1 Å². The number of anilines is 1. The molecule has 1 fully saturated rings. The molecule has 1 aromatic carbocycles. The fraction of sp³-hybridized carbons (Fsp3) is 0.562. The second-order valence-electron chi connectivity index (χ2n) is 5.61. The van der Waals surface area contributed by atoms with Crippen LogP contribution in [0, 0.1) is 0 Å². The lowest BCUT2D eigenvalue weighted by molar-refractivity contribution is -0.125. The number of hydrogen-bond acceptors (Lipinski definition) is 4. The van der Waals surface area contributed by atoms with Crippen molar-refractivity contribution in [2.75, 3.05) is 31.7 Å². The normalized spacial score (nSPS) is 18.9. The molecule has 0 bridgehead atoms. The standard InChI is InChI=1S/C16H25N3O2/c1-12(2)18-16(20)15-11-21-9-8-19(15)14-7-5-4-6-13(14)10-17-3/h4-7,12,15,17H,8-11H2,1-3H3,(H,18,20). The number of ether oxygens (including phenoxy) is 1. The number of nitrogens with one attached hydrogen (secondary N) is 2. The smallest absolute Gasteiger partial charge is 0.245 e. The second kappa shape index (κ2) is 7.43. The molecule has 1 heterocycles. The van der Waals surface area contributed by atoms with Gasteiger partial charge in [-0.3, -0.25) is 4.79 Å². The van der Waals surface area contributed by atoms with E-state index in [1.807, 2.05) is 33.0 Å². The second-order valence-corrected chi connectivity index (χ2v) is 5.61. The first-order valence-electron chi connectivity index (χ1n) is 7.50. The molecule has 2 N–H and O–H groups in total. The average Bonchev–Trinajstić information content (AvgIpc) is 2.47. The van der Waals surface area contributed by atoms with E-state index < -0.39 is 0 Å². The lowest BCUT2D eigenvalue weighted by Crippen LogP contribution is -2.55. The van der Waals surface area contributed by atoms with Crippen LogP contribution in [0.1, 0.15) is 19.4 Å². The van der Waals surface area contributed by atoms with Crippen LogP contribution >= 0.6 is 0 Å². The highest BCUT2D eigenvalue weighted by Gasteiger charge is 2.30. The summed E-state index contributed by atoms with van der Waals surface area (Å²) in [4.78, 5) is 14.6. The highest BCUT2D eigenvalue weighted by atomic mass is 16.5. The van der Waals surface area contributed by atoms with Crippen molar-refractivity contribution in [3.8, 4) is 0 Å². The van der Waals surface area contributed by atoms with E-state index in [0.29, 0.717) is 13.2 Å². The van der Waals surface area contributed by atoms with Gasteiger partial charge in [0.05, 0.1) is 13.2 Å². The average molecular weight is 291 g/mol. The lowest BCUT2D eigenvalue weighted by Gasteiger charge is -2.37. The molecule has 0 aliphatic carbocycles. The zero-order valence-corrected chi connectivity index (χ0v) is 13.1. The van der Waals surface area contributed by atoms with Crippen LogP contribution in [0.5, 0.6) is 0 Å². The molecule has 0 radical (unpaired) electrons. The van der Waals surface area contributed by atoms with Crippen molar-refractivity contribution in [3.05, 3.63) is 29.8 Å². The van der Waals surface area contributed by atoms with Crippen molar-refractivity contribution in [1.29, 1.82) is 0 Å². The summed E-state index contributed by atoms with van der Waals surface area (Å²) in [7, 11) is 1.93. The van der Waals surface area contributed by atoms with E-state index in [1.54, 1.807) is 0 Å². The molecule has 0 saturated carbocycles. The van der Waals surface area contributed by atoms with Gasteiger partial charge in [0.25, 0.3) is 0 Å². The summed E-state index contributed by atoms with van der Waals surface area (Å²) in [5.74, 6) is 0.0314. The zero-order valence-electron chi connectivity index (χ0n) is 13.1. The van der Waals surface area contributed by atoms with Gasteiger partial charge in [0, 0.05) is 24.8 Å². The van der Waals surface area contributed by atoms with E-state index in [-0.39, 0.29) is 18.0 Å². The van der Waals surface area contributed by atoms with E-state index in [9.17, 15) is 4.79 Å². The van der Waals surface area contributed by atoms with E-state index in [1.165, 1.54) is 5.56 Å². The van der Waals surface area contributed by atoms with Crippen LogP contribution in [0.4, 0.5) is 5.69 Å². The predicted octanol–water partition coefficient (Wildman–Crippen LogP) is 1.14. The van der Waals surface area contributed by atoms with Crippen LogP contribution < -0.4 is 15.5 Å². The van der Waals surface area contributed by atoms with Gasteiger partial charge in [-0.2, -0.15) is 0 Å². The Morgan fingerprint density at radius 2 is 2.19 bits per heavy atom. The Morgan fingerprint density at radius 3 is 2.90 bits per heavy atom. The van der Waals surface area contributed by atoms with Gasteiger partial charge in [-0.15, -0.1) is 0 Å². The molecule has 1 aliphatic heterocycles. The zero-order chi connectivity index (χ0) is 15.2. The number of benzene rings is 1. The predicted molar refractivity (Wildman–Crippen MR) is 84.4 cm³/mol. The molecular weight excluding hydrogens is 266 g/mol. The first-order valence-corrected chi connectivity index (χ1v) is 7.50. The summed E-state index contributed by atoms with van der Waals surface area (Å²) in [5, 5.41) is 6.17. The van der Waals surface area contributed by atoms with Gasteiger partial charge in [0.1, 0.15) is 6.04 Å². The van der Waals surface area contributed by atoms with E-state index in [4.69, 9.17) is 4.74 Å². The molecule has 21 heavy (non-hydrogen) atoms. The van der Waals surface area contributed by atoms with Crippen molar-refractivity contribution < 1.29 is 9.53 Å². The SMILES string of the molecule is CNCc1ccccc1N1CCOCC1C(=O)NC(C)C. The third-order valence-electron chi connectivity index (χ3n) is 3.53. The highest BCUT2D eigenvalue weighted by Crippen LogP contribution is 2.24. The molecule has 0 spiro atoms. The van der Waals surface area contributed by atoms with Gasteiger partial charge >= 0.3 is 0 Å². The van der Waals surface area contributed by atoms with Gasteiger partial charge in [0.15, 0.2) is 0 Å². The summed E-state index contributed by atoms with van der Waals surface area (Å²) in [6.07, 6.45) is 0. The number of rotatable bonds is 5. The summed E-state index contributed by atoms with van der Waals surface area (Å²) >= 11 is 0.